The Bertz CT molecular complexity index is 1360. The molecule has 2 atom stereocenters. The lowest BCUT2D eigenvalue weighted by Crippen LogP contribution is -2.17. The van der Waals surface area contributed by atoms with Crippen LogP contribution in [0.2, 0.25) is 0 Å². The van der Waals surface area contributed by atoms with E-state index in [1.807, 2.05) is 79.2 Å². The second-order valence-electron chi connectivity index (χ2n) is 8.84. The molecular weight excluding hydrogens is 510 g/mol. The van der Waals surface area contributed by atoms with Gasteiger partial charge in [0.25, 0.3) is 0 Å². The maximum Gasteiger partial charge on any atom is 0.356 e. The third kappa shape index (κ3) is 7.92. The fourth-order valence-electron chi connectivity index (χ4n) is 4.07. The van der Waals surface area contributed by atoms with Crippen LogP contribution in [0.4, 0.5) is 0 Å². The smallest absolute Gasteiger partial charge is 0.356 e. The van der Waals surface area contributed by atoms with Crippen LogP contribution in [0.1, 0.15) is 71.4 Å². The van der Waals surface area contributed by atoms with Crippen LogP contribution < -0.4 is 0 Å². The summed E-state index contributed by atoms with van der Waals surface area (Å²) in [7, 11) is 1.29. The van der Waals surface area contributed by atoms with Gasteiger partial charge in [-0.3, -0.25) is 4.79 Å². The number of imidazole rings is 1. The average molecular weight is 546 g/mol. The largest absolute Gasteiger partial charge is 0.469 e. The summed E-state index contributed by atoms with van der Waals surface area (Å²) in [6.07, 6.45) is 4.99. The Morgan fingerprint density at radius 2 is 1.35 bits per heavy atom. The molecular formula is C31H35N3O6. The molecule has 0 aliphatic carbocycles. The molecule has 4 rings (SSSR count). The highest BCUT2D eigenvalue weighted by Crippen LogP contribution is 2.21. The molecule has 2 aromatic heterocycles. The van der Waals surface area contributed by atoms with Gasteiger partial charge in [-0.25, -0.2) is 14.6 Å². The van der Waals surface area contributed by atoms with Gasteiger partial charge < -0.3 is 23.3 Å². The van der Waals surface area contributed by atoms with Crippen molar-refractivity contribution in [2.75, 3.05) is 20.3 Å². The predicted molar refractivity (Wildman–Crippen MR) is 150 cm³/mol. The molecule has 0 spiro atoms. The van der Waals surface area contributed by atoms with Crippen LogP contribution in [0.15, 0.2) is 91.5 Å². The molecule has 0 N–H and O–H groups in total. The molecule has 0 radical (unpaired) electrons. The number of hydrogen-bond acceptors (Lipinski definition) is 7. The van der Waals surface area contributed by atoms with Gasteiger partial charge in [0.1, 0.15) is 18.0 Å². The molecule has 0 fully saturated rings. The zero-order valence-electron chi connectivity index (χ0n) is 23.2. The van der Waals surface area contributed by atoms with Gasteiger partial charge in [-0.15, -0.1) is 0 Å². The summed E-state index contributed by atoms with van der Waals surface area (Å²) in [6, 6.07) is 23.6. The van der Waals surface area contributed by atoms with Gasteiger partial charge in [-0.1, -0.05) is 60.7 Å². The van der Waals surface area contributed by atoms with Crippen molar-refractivity contribution in [1.29, 1.82) is 0 Å². The first kappa shape index (κ1) is 29.9. The van der Waals surface area contributed by atoms with Crippen molar-refractivity contribution in [2.45, 2.75) is 39.3 Å². The zero-order valence-corrected chi connectivity index (χ0v) is 23.2. The number of carbonyl (C=O) groups is 3. The lowest BCUT2D eigenvalue weighted by Gasteiger charge is -2.17. The SMILES string of the molecule is CCOC(=O)c1cccn1[C@H](C)c1ccccc1.COC(=O)CCOC(=O)c1cncn1[C@H](C)c1ccccc1. The summed E-state index contributed by atoms with van der Waals surface area (Å²) in [5, 5.41) is 0. The monoisotopic (exact) mass is 545 g/mol. The highest BCUT2D eigenvalue weighted by Gasteiger charge is 2.19. The summed E-state index contributed by atoms with van der Waals surface area (Å²) in [4.78, 5) is 38.9. The van der Waals surface area contributed by atoms with Gasteiger partial charge in [-0.05, 0) is 44.0 Å². The Morgan fingerprint density at radius 3 is 1.93 bits per heavy atom. The number of hydrogen-bond donors (Lipinski definition) is 0. The Hall–Kier alpha value is -4.66. The van der Waals surface area contributed by atoms with Gasteiger partial charge in [-0.2, -0.15) is 0 Å². The maximum atomic E-state index is 12.1. The van der Waals surface area contributed by atoms with Gasteiger partial charge in [0.15, 0.2) is 0 Å². The number of ether oxygens (including phenoxy) is 3. The van der Waals surface area contributed by atoms with Crippen molar-refractivity contribution in [2.24, 2.45) is 0 Å². The van der Waals surface area contributed by atoms with Crippen molar-refractivity contribution in [3.8, 4) is 0 Å². The number of carbonyl (C=O) groups excluding carboxylic acids is 3. The maximum absolute atomic E-state index is 12.1. The molecule has 4 aromatic rings. The molecule has 0 unspecified atom stereocenters. The zero-order chi connectivity index (χ0) is 28.9. The van der Waals surface area contributed by atoms with E-state index in [9.17, 15) is 14.4 Å². The molecule has 9 heteroatoms. The fourth-order valence-corrected chi connectivity index (χ4v) is 4.07. The molecule has 0 saturated heterocycles. The summed E-state index contributed by atoms with van der Waals surface area (Å²) in [5.74, 6) is -1.20. The Morgan fingerprint density at radius 1 is 0.775 bits per heavy atom. The van der Waals surface area contributed by atoms with E-state index in [-0.39, 0.29) is 31.1 Å². The number of methoxy groups -OCH3 is 1. The van der Waals surface area contributed by atoms with E-state index in [0.717, 1.165) is 5.56 Å². The molecule has 0 bridgehead atoms. The summed E-state index contributed by atoms with van der Waals surface area (Å²) < 4.78 is 18.3. The number of benzene rings is 2. The highest BCUT2D eigenvalue weighted by atomic mass is 16.5. The fraction of sp³-hybridized carbons (Fsp3) is 0.290. The van der Waals surface area contributed by atoms with E-state index in [2.05, 4.69) is 28.8 Å². The number of rotatable bonds is 10. The lowest BCUT2D eigenvalue weighted by atomic mass is 10.1. The Balaban J connectivity index is 0.000000225. The van der Waals surface area contributed by atoms with E-state index in [4.69, 9.17) is 9.47 Å². The molecule has 210 valence electrons. The molecule has 9 nitrogen and oxygen atoms in total. The van der Waals surface area contributed by atoms with Crippen LogP contribution in [0.25, 0.3) is 0 Å². The van der Waals surface area contributed by atoms with E-state index in [1.165, 1.54) is 18.9 Å². The van der Waals surface area contributed by atoms with Gasteiger partial charge in [0, 0.05) is 6.20 Å². The molecule has 0 saturated carbocycles. The van der Waals surface area contributed by atoms with E-state index >= 15 is 0 Å². The second kappa shape index (κ2) is 15.1. The number of nitrogens with zero attached hydrogens (tertiary/aromatic N) is 3. The third-order valence-electron chi connectivity index (χ3n) is 6.30. The summed E-state index contributed by atoms with van der Waals surface area (Å²) >= 11 is 0. The van der Waals surface area contributed by atoms with Crippen molar-refractivity contribution >= 4 is 17.9 Å². The summed E-state index contributed by atoms with van der Waals surface area (Å²) in [5.41, 5.74) is 3.16. The molecule has 0 aliphatic rings. The lowest BCUT2D eigenvalue weighted by molar-refractivity contribution is -0.141. The molecule has 40 heavy (non-hydrogen) atoms. The minimum Gasteiger partial charge on any atom is -0.469 e. The minimum absolute atomic E-state index is 0.0175. The molecule has 2 aromatic carbocycles. The standard InChI is InChI=1S/C16H18N2O4.C15H17NO2/c1-12(13-6-4-3-5-7-13)18-11-17-10-14(18)16(20)22-9-8-15(19)21-2;1-3-18-15(17)14-10-7-11-16(14)12(2)13-8-5-4-6-9-13/h3-7,10-12H,8-9H2,1-2H3;4-12H,3H2,1-2H3/t2*12-/m11/s1. The first-order valence-electron chi connectivity index (χ1n) is 13.1. The number of esters is 3. The normalized spacial score (nSPS) is 11.9. The molecule has 0 aliphatic heterocycles. The Labute approximate surface area is 234 Å². The highest BCUT2D eigenvalue weighted by molar-refractivity contribution is 5.88. The molecule has 0 amide bonds. The summed E-state index contributed by atoms with van der Waals surface area (Å²) in [6.45, 7) is 6.23. The first-order chi connectivity index (χ1) is 19.4. The van der Waals surface area contributed by atoms with Gasteiger partial charge in [0.05, 0.1) is 44.7 Å². The quantitative estimate of drug-likeness (QED) is 0.192. The topological polar surface area (TPSA) is 102 Å². The predicted octanol–water partition coefficient (Wildman–Crippen LogP) is 5.49. The van der Waals surface area contributed by atoms with Crippen LogP contribution in [-0.4, -0.2) is 52.3 Å². The van der Waals surface area contributed by atoms with Crippen LogP contribution in [0, 0.1) is 0 Å². The Kier molecular flexibility index (Phi) is 11.3. The second-order valence-corrected chi connectivity index (χ2v) is 8.84. The molecule has 2 heterocycles. The van der Waals surface area contributed by atoms with E-state index < -0.39 is 11.9 Å². The minimum atomic E-state index is -0.510. The van der Waals surface area contributed by atoms with Gasteiger partial charge in [0.2, 0.25) is 0 Å². The van der Waals surface area contributed by atoms with E-state index in [0.29, 0.717) is 18.0 Å². The third-order valence-corrected chi connectivity index (χ3v) is 6.30. The van der Waals surface area contributed by atoms with Crippen LogP contribution in [0.5, 0.6) is 0 Å². The van der Waals surface area contributed by atoms with E-state index in [1.54, 1.807) is 17.0 Å². The number of aromatic nitrogens is 3. The van der Waals surface area contributed by atoms with Crippen molar-refractivity contribution in [3.05, 3.63) is 114 Å². The first-order valence-corrected chi connectivity index (χ1v) is 13.1. The van der Waals surface area contributed by atoms with Crippen molar-refractivity contribution in [3.63, 3.8) is 0 Å². The average Bonchev–Trinajstić information content (AvgIpc) is 3.68. The van der Waals surface area contributed by atoms with Crippen molar-refractivity contribution in [1.82, 2.24) is 14.1 Å². The van der Waals surface area contributed by atoms with Crippen molar-refractivity contribution < 1.29 is 28.6 Å². The van der Waals surface area contributed by atoms with Gasteiger partial charge >= 0.3 is 17.9 Å². The van der Waals surface area contributed by atoms with Crippen LogP contribution in [-0.2, 0) is 19.0 Å². The van der Waals surface area contributed by atoms with Crippen LogP contribution >= 0.6 is 0 Å². The van der Waals surface area contributed by atoms with Crippen LogP contribution in [0.3, 0.4) is 0 Å².